The second kappa shape index (κ2) is 5.52. The van der Waals surface area contributed by atoms with Crippen molar-refractivity contribution in [2.24, 2.45) is 0 Å². The van der Waals surface area contributed by atoms with E-state index in [1.807, 2.05) is 0 Å². The zero-order valence-corrected chi connectivity index (χ0v) is 10.7. The molecule has 0 N–H and O–H groups in total. The van der Waals surface area contributed by atoms with E-state index in [0.717, 1.165) is 38.6 Å². The molecule has 0 spiro atoms. The van der Waals surface area contributed by atoms with Crippen molar-refractivity contribution in [3.05, 3.63) is 0 Å². The first-order valence-corrected chi connectivity index (χ1v) is 6.87. The zero-order valence-electron chi connectivity index (χ0n) is 10.7. The molecule has 2 heterocycles. The normalized spacial score (nSPS) is 24.4. The summed E-state index contributed by atoms with van der Waals surface area (Å²) in [7, 11) is 0. The summed E-state index contributed by atoms with van der Waals surface area (Å²) >= 11 is 0. The van der Waals surface area contributed by atoms with Crippen molar-refractivity contribution in [2.75, 3.05) is 13.1 Å². The van der Waals surface area contributed by atoms with Gasteiger partial charge in [-0.25, -0.2) is 4.79 Å². The highest BCUT2D eigenvalue weighted by atomic mass is 16.2. The van der Waals surface area contributed by atoms with Gasteiger partial charge < -0.3 is 4.90 Å². The maximum Gasteiger partial charge on any atom is 0.327 e. The molecule has 17 heavy (non-hydrogen) atoms. The molecule has 0 aromatic carbocycles. The Balaban J connectivity index is 1.89. The minimum absolute atomic E-state index is 0.0452. The predicted octanol–water partition coefficient (Wildman–Crippen LogP) is 2.38. The van der Waals surface area contributed by atoms with Crippen molar-refractivity contribution in [1.82, 2.24) is 9.80 Å². The number of fused-ring (bicyclic) bond motifs is 1. The van der Waals surface area contributed by atoms with Crippen LogP contribution in [0.2, 0.25) is 0 Å². The Morgan fingerprint density at radius 3 is 2.71 bits per heavy atom. The number of rotatable bonds is 5. The molecule has 1 unspecified atom stereocenters. The lowest BCUT2D eigenvalue weighted by Crippen LogP contribution is -2.39. The van der Waals surface area contributed by atoms with Crippen LogP contribution in [0, 0.1) is 0 Å². The van der Waals surface area contributed by atoms with Gasteiger partial charge in [-0.2, -0.15) is 0 Å². The van der Waals surface area contributed by atoms with Gasteiger partial charge in [-0.05, 0) is 25.7 Å². The van der Waals surface area contributed by atoms with Crippen molar-refractivity contribution >= 4 is 11.9 Å². The second-order valence-electron chi connectivity index (χ2n) is 5.04. The fourth-order valence-electron chi connectivity index (χ4n) is 2.75. The number of amides is 3. The third kappa shape index (κ3) is 2.45. The second-order valence-corrected chi connectivity index (χ2v) is 5.04. The first-order valence-electron chi connectivity index (χ1n) is 6.87. The Kier molecular flexibility index (Phi) is 4.02. The van der Waals surface area contributed by atoms with Gasteiger partial charge >= 0.3 is 6.03 Å². The molecule has 4 nitrogen and oxygen atoms in total. The average molecular weight is 238 g/mol. The summed E-state index contributed by atoms with van der Waals surface area (Å²) in [5.41, 5.74) is 0. The number of carbonyl (C=O) groups is 2. The van der Waals surface area contributed by atoms with Crippen LogP contribution in [0.3, 0.4) is 0 Å². The highest BCUT2D eigenvalue weighted by molar-refractivity contribution is 6.04. The number of hydrogen-bond acceptors (Lipinski definition) is 2. The third-order valence-corrected chi connectivity index (χ3v) is 3.77. The van der Waals surface area contributed by atoms with E-state index in [-0.39, 0.29) is 18.0 Å². The number of carbonyl (C=O) groups excluding carboxylic acids is 2. The van der Waals surface area contributed by atoms with Gasteiger partial charge in [-0.3, -0.25) is 9.69 Å². The van der Waals surface area contributed by atoms with Crippen molar-refractivity contribution in [1.29, 1.82) is 0 Å². The lowest BCUT2D eigenvalue weighted by atomic mass is 10.0. The third-order valence-electron chi connectivity index (χ3n) is 3.77. The monoisotopic (exact) mass is 238 g/mol. The molecule has 2 aliphatic heterocycles. The van der Waals surface area contributed by atoms with E-state index in [1.54, 1.807) is 4.90 Å². The van der Waals surface area contributed by atoms with Crippen LogP contribution in [0.4, 0.5) is 4.79 Å². The summed E-state index contributed by atoms with van der Waals surface area (Å²) in [5, 5.41) is 0. The van der Waals surface area contributed by atoms with Crippen LogP contribution in [0.15, 0.2) is 0 Å². The van der Waals surface area contributed by atoms with E-state index >= 15 is 0 Å². The van der Waals surface area contributed by atoms with E-state index in [4.69, 9.17) is 0 Å². The van der Waals surface area contributed by atoms with Gasteiger partial charge in [0.2, 0.25) is 0 Å². The van der Waals surface area contributed by atoms with Gasteiger partial charge in [0.15, 0.2) is 0 Å². The minimum Gasteiger partial charge on any atom is -0.312 e. The fraction of sp³-hybridized carbons (Fsp3) is 0.846. The van der Waals surface area contributed by atoms with E-state index < -0.39 is 0 Å². The van der Waals surface area contributed by atoms with Gasteiger partial charge in [-0.15, -0.1) is 0 Å². The van der Waals surface area contributed by atoms with Crippen LogP contribution in [-0.4, -0.2) is 40.9 Å². The number of urea groups is 1. The Morgan fingerprint density at radius 1 is 1.18 bits per heavy atom. The number of nitrogens with zero attached hydrogens (tertiary/aromatic N) is 2. The molecule has 0 radical (unpaired) electrons. The molecule has 0 aromatic heterocycles. The van der Waals surface area contributed by atoms with E-state index in [0.29, 0.717) is 6.54 Å². The smallest absolute Gasteiger partial charge is 0.312 e. The minimum atomic E-state index is -0.137. The summed E-state index contributed by atoms with van der Waals surface area (Å²) in [4.78, 5) is 27.4. The quantitative estimate of drug-likeness (QED) is 0.545. The molecule has 2 fully saturated rings. The Morgan fingerprint density at radius 2 is 2.00 bits per heavy atom. The van der Waals surface area contributed by atoms with Gasteiger partial charge in [-0.1, -0.05) is 26.2 Å². The molecule has 1 atom stereocenters. The summed E-state index contributed by atoms with van der Waals surface area (Å²) < 4.78 is 0. The molecule has 2 rings (SSSR count). The highest BCUT2D eigenvalue weighted by Gasteiger charge is 2.45. The van der Waals surface area contributed by atoms with Crippen molar-refractivity contribution in [3.8, 4) is 0 Å². The summed E-state index contributed by atoms with van der Waals surface area (Å²) in [6.07, 6.45) is 7.39. The highest BCUT2D eigenvalue weighted by Crippen LogP contribution is 2.26. The Bertz CT molecular complexity index is 280. The lowest BCUT2D eigenvalue weighted by molar-refractivity contribution is -0.128. The maximum atomic E-state index is 12.1. The fourth-order valence-corrected chi connectivity index (χ4v) is 2.75. The lowest BCUT2D eigenvalue weighted by Gasteiger charge is -2.26. The zero-order chi connectivity index (χ0) is 12.3. The summed E-state index contributed by atoms with van der Waals surface area (Å²) in [6.45, 7) is 3.54. The Labute approximate surface area is 103 Å². The van der Waals surface area contributed by atoms with Crippen molar-refractivity contribution < 1.29 is 9.59 Å². The van der Waals surface area contributed by atoms with Crippen molar-refractivity contribution in [3.63, 3.8) is 0 Å². The van der Waals surface area contributed by atoms with Crippen LogP contribution < -0.4 is 0 Å². The van der Waals surface area contributed by atoms with E-state index in [1.165, 1.54) is 17.7 Å². The van der Waals surface area contributed by atoms with Gasteiger partial charge in [0, 0.05) is 13.1 Å². The number of unbranched alkanes of at least 4 members (excludes halogenated alkanes) is 3. The van der Waals surface area contributed by atoms with Crippen LogP contribution in [0.1, 0.15) is 51.9 Å². The largest absolute Gasteiger partial charge is 0.327 e. The van der Waals surface area contributed by atoms with Crippen LogP contribution in [0.5, 0.6) is 0 Å². The molecule has 2 saturated heterocycles. The molecular formula is C13H22N2O2. The topological polar surface area (TPSA) is 40.6 Å². The molecule has 0 aromatic rings. The molecule has 4 heteroatoms. The molecule has 0 saturated carbocycles. The first-order chi connectivity index (χ1) is 8.25. The van der Waals surface area contributed by atoms with Crippen LogP contribution in [0.25, 0.3) is 0 Å². The van der Waals surface area contributed by atoms with Crippen molar-refractivity contribution in [2.45, 2.75) is 57.9 Å². The number of imide groups is 1. The molecule has 96 valence electrons. The molecule has 0 bridgehead atoms. The van der Waals surface area contributed by atoms with Gasteiger partial charge in [0.1, 0.15) is 6.04 Å². The SMILES string of the molecule is CCCCCCN1C(=O)C2CCCCN2C1=O. The number of piperidine rings is 1. The van der Waals surface area contributed by atoms with Crippen LogP contribution in [-0.2, 0) is 4.79 Å². The standard InChI is InChI=1S/C13H22N2O2/c1-2-3-4-6-10-15-12(16)11-8-5-7-9-14(11)13(15)17/h11H,2-10H2,1H3. The first kappa shape index (κ1) is 12.4. The average Bonchev–Trinajstić information content (AvgIpc) is 2.60. The molecular weight excluding hydrogens is 216 g/mol. The van der Waals surface area contributed by atoms with Gasteiger partial charge in [0.05, 0.1) is 0 Å². The molecule has 2 aliphatic rings. The molecule has 3 amide bonds. The van der Waals surface area contributed by atoms with Gasteiger partial charge in [0.25, 0.3) is 5.91 Å². The number of hydrogen-bond donors (Lipinski definition) is 0. The summed E-state index contributed by atoms with van der Waals surface area (Å²) in [5.74, 6) is 0.0474. The summed E-state index contributed by atoms with van der Waals surface area (Å²) in [6, 6.07) is -0.182. The Hall–Kier alpha value is -1.06. The maximum absolute atomic E-state index is 12.1. The van der Waals surface area contributed by atoms with E-state index in [2.05, 4.69) is 6.92 Å². The van der Waals surface area contributed by atoms with E-state index in [9.17, 15) is 9.59 Å². The van der Waals surface area contributed by atoms with Crippen LogP contribution >= 0.6 is 0 Å². The molecule has 0 aliphatic carbocycles. The predicted molar refractivity (Wildman–Crippen MR) is 65.6 cm³/mol.